The van der Waals surface area contributed by atoms with Crippen LogP contribution >= 0.6 is 0 Å². The minimum absolute atomic E-state index is 0.247. The van der Waals surface area contributed by atoms with Gasteiger partial charge in [-0.3, -0.25) is 4.79 Å². The Kier molecular flexibility index (Phi) is 3.85. The van der Waals surface area contributed by atoms with Gasteiger partial charge in [0.25, 0.3) is 0 Å². The van der Waals surface area contributed by atoms with Gasteiger partial charge >= 0.3 is 5.97 Å². The molecule has 0 aliphatic rings. The smallest absolute Gasteiger partial charge is 0.338 e. The lowest BCUT2D eigenvalue weighted by molar-refractivity contribution is 0.0602. The van der Waals surface area contributed by atoms with Crippen molar-refractivity contribution in [2.24, 2.45) is 0 Å². The monoisotopic (exact) mass is 309 g/mol. The molecule has 114 valence electrons. The van der Waals surface area contributed by atoms with E-state index in [-0.39, 0.29) is 11.3 Å². The van der Waals surface area contributed by atoms with E-state index in [0.717, 1.165) is 0 Å². The highest BCUT2D eigenvalue weighted by molar-refractivity contribution is 6.18. The van der Waals surface area contributed by atoms with Gasteiger partial charge in [0.2, 0.25) is 5.78 Å². The number of pyridine rings is 1. The van der Waals surface area contributed by atoms with Gasteiger partial charge in [-0.2, -0.15) is 0 Å². The van der Waals surface area contributed by atoms with Gasteiger partial charge in [0, 0.05) is 11.8 Å². The number of carbonyl (C=O) groups is 2. The van der Waals surface area contributed by atoms with Crippen LogP contribution in [0.2, 0.25) is 0 Å². The van der Waals surface area contributed by atoms with Gasteiger partial charge in [-0.25, -0.2) is 14.2 Å². The first-order chi connectivity index (χ1) is 11.1. The normalized spacial score (nSPS) is 10.5. The zero-order valence-electron chi connectivity index (χ0n) is 12.2. The lowest BCUT2D eigenvalue weighted by Gasteiger charge is -2.09. The summed E-state index contributed by atoms with van der Waals surface area (Å²) < 4.78 is 18.6. The molecule has 0 bridgehead atoms. The second-order valence-electron chi connectivity index (χ2n) is 4.86. The number of methoxy groups -OCH3 is 1. The Bertz CT molecular complexity index is 921. The third-order valence-corrected chi connectivity index (χ3v) is 3.55. The number of hydrogen-bond acceptors (Lipinski definition) is 4. The number of fused-ring (bicyclic) bond motifs is 1. The molecular weight excluding hydrogens is 297 g/mol. The van der Waals surface area contributed by atoms with Crippen molar-refractivity contribution in [3.8, 4) is 0 Å². The van der Waals surface area contributed by atoms with E-state index in [1.165, 1.54) is 37.6 Å². The fourth-order valence-electron chi connectivity index (χ4n) is 2.47. The molecule has 4 nitrogen and oxygen atoms in total. The molecule has 1 heterocycles. The van der Waals surface area contributed by atoms with Crippen LogP contribution in [0.3, 0.4) is 0 Å². The average Bonchev–Trinajstić information content (AvgIpc) is 2.60. The molecule has 0 aliphatic carbocycles. The fraction of sp³-hybridized carbons (Fsp3) is 0.0556. The van der Waals surface area contributed by atoms with Crippen molar-refractivity contribution in [1.82, 2.24) is 4.98 Å². The van der Waals surface area contributed by atoms with Gasteiger partial charge in [-0.05, 0) is 35.0 Å². The maximum atomic E-state index is 13.8. The van der Waals surface area contributed by atoms with E-state index in [2.05, 4.69) is 4.98 Å². The number of ketones is 1. The first kappa shape index (κ1) is 14.8. The van der Waals surface area contributed by atoms with Gasteiger partial charge in [0.05, 0.1) is 12.7 Å². The number of carbonyl (C=O) groups excluding carboxylic acids is 2. The Morgan fingerprint density at radius 2 is 1.61 bits per heavy atom. The molecule has 0 unspecified atom stereocenters. The number of halogens is 1. The molecule has 0 radical (unpaired) electrons. The molecule has 0 N–H and O–H groups in total. The maximum absolute atomic E-state index is 13.8. The molecule has 0 spiro atoms. The quantitative estimate of drug-likeness (QED) is 0.549. The minimum atomic E-state index is -0.682. The summed E-state index contributed by atoms with van der Waals surface area (Å²) in [4.78, 5) is 28.3. The molecule has 0 atom stereocenters. The summed E-state index contributed by atoms with van der Waals surface area (Å²) in [6.07, 6.45) is 1.36. The lowest BCUT2D eigenvalue weighted by atomic mass is 9.96. The van der Waals surface area contributed by atoms with Crippen molar-refractivity contribution >= 4 is 22.5 Å². The molecule has 0 saturated carbocycles. The van der Waals surface area contributed by atoms with Crippen LogP contribution in [0.4, 0.5) is 4.39 Å². The van der Waals surface area contributed by atoms with Crippen LogP contribution in [0.25, 0.3) is 10.8 Å². The van der Waals surface area contributed by atoms with E-state index in [1.54, 1.807) is 24.3 Å². The van der Waals surface area contributed by atoms with Crippen molar-refractivity contribution in [2.75, 3.05) is 7.11 Å². The number of aromatic nitrogens is 1. The van der Waals surface area contributed by atoms with Crippen molar-refractivity contribution in [3.05, 3.63) is 77.4 Å². The third-order valence-electron chi connectivity index (χ3n) is 3.55. The second kappa shape index (κ2) is 5.96. The van der Waals surface area contributed by atoms with Crippen LogP contribution < -0.4 is 0 Å². The number of hydrogen-bond donors (Lipinski definition) is 0. The van der Waals surface area contributed by atoms with E-state index < -0.39 is 17.6 Å². The zero-order valence-corrected chi connectivity index (χ0v) is 12.2. The molecular formula is C18H12FNO3. The minimum Gasteiger partial charge on any atom is -0.465 e. The largest absolute Gasteiger partial charge is 0.465 e. The van der Waals surface area contributed by atoms with Crippen molar-refractivity contribution in [1.29, 1.82) is 0 Å². The number of esters is 1. The highest BCUT2D eigenvalue weighted by Crippen LogP contribution is 2.25. The Labute approximate surface area is 131 Å². The van der Waals surface area contributed by atoms with E-state index in [9.17, 15) is 14.0 Å². The predicted molar refractivity (Wildman–Crippen MR) is 82.9 cm³/mol. The molecule has 0 aliphatic heterocycles. The fourth-order valence-corrected chi connectivity index (χ4v) is 2.47. The summed E-state index contributed by atoms with van der Waals surface area (Å²) in [5.41, 5.74) is 0.385. The predicted octanol–water partition coefficient (Wildman–Crippen LogP) is 3.39. The average molecular weight is 309 g/mol. The van der Waals surface area contributed by atoms with E-state index in [4.69, 9.17) is 4.74 Å². The van der Waals surface area contributed by atoms with Gasteiger partial charge in [0.15, 0.2) is 5.82 Å². The summed E-state index contributed by atoms with van der Waals surface area (Å²) in [5.74, 6) is -1.71. The van der Waals surface area contributed by atoms with Crippen LogP contribution in [0.5, 0.6) is 0 Å². The first-order valence-corrected chi connectivity index (χ1v) is 6.88. The molecule has 0 amide bonds. The van der Waals surface area contributed by atoms with Gasteiger partial charge in [-0.15, -0.1) is 0 Å². The molecule has 3 aromatic rings. The highest BCUT2D eigenvalue weighted by atomic mass is 19.1. The summed E-state index contributed by atoms with van der Waals surface area (Å²) >= 11 is 0. The summed E-state index contributed by atoms with van der Waals surface area (Å²) in [7, 11) is 1.29. The molecule has 0 saturated heterocycles. The van der Waals surface area contributed by atoms with Gasteiger partial charge in [0.1, 0.15) is 5.69 Å². The molecule has 2 aromatic carbocycles. The van der Waals surface area contributed by atoms with E-state index in [0.29, 0.717) is 16.3 Å². The van der Waals surface area contributed by atoms with Crippen molar-refractivity contribution in [2.45, 2.75) is 0 Å². The molecule has 0 fully saturated rings. The van der Waals surface area contributed by atoms with Crippen molar-refractivity contribution < 1.29 is 18.7 Å². The van der Waals surface area contributed by atoms with Crippen LogP contribution in [0.15, 0.2) is 54.7 Å². The Morgan fingerprint density at radius 1 is 0.957 bits per heavy atom. The van der Waals surface area contributed by atoms with Gasteiger partial charge < -0.3 is 4.74 Å². The standard InChI is InChI=1S/C18H12FNO3/c1-23-18(22)14-9-8-13(11-5-2-3-6-12(11)14)17(21)16-15(19)7-4-10-20-16/h2-10H,1H3. The molecule has 5 heteroatoms. The van der Waals surface area contributed by atoms with Gasteiger partial charge in [-0.1, -0.05) is 24.3 Å². The summed E-state index contributed by atoms with van der Waals surface area (Å²) in [5, 5.41) is 1.12. The Morgan fingerprint density at radius 3 is 2.26 bits per heavy atom. The number of rotatable bonds is 3. The second-order valence-corrected chi connectivity index (χ2v) is 4.86. The number of ether oxygens (including phenoxy) is 1. The zero-order chi connectivity index (χ0) is 16.4. The lowest BCUT2D eigenvalue weighted by Crippen LogP contribution is -2.09. The summed E-state index contributed by atoms with van der Waals surface area (Å²) in [6, 6.07) is 12.5. The Balaban J connectivity index is 2.22. The van der Waals surface area contributed by atoms with Crippen LogP contribution in [-0.4, -0.2) is 23.8 Å². The van der Waals surface area contributed by atoms with E-state index >= 15 is 0 Å². The van der Waals surface area contributed by atoms with Crippen molar-refractivity contribution in [3.63, 3.8) is 0 Å². The topological polar surface area (TPSA) is 56.3 Å². The molecule has 23 heavy (non-hydrogen) atoms. The van der Waals surface area contributed by atoms with Crippen LogP contribution in [0.1, 0.15) is 26.4 Å². The Hall–Kier alpha value is -3.08. The molecule has 3 rings (SSSR count). The maximum Gasteiger partial charge on any atom is 0.338 e. The third kappa shape index (κ3) is 2.57. The first-order valence-electron chi connectivity index (χ1n) is 6.88. The van der Waals surface area contributed by atoms with E-state index in [1.807, 2.05) is 0 Å². The SMILES string of the molecule is COC(=O)c1ccc(C(=O)c2ncccc2F)c2ccccc12. The summed E-state index contributed by atoms with van der Waals surface area (Å²) in [6.45, 7) is 0. The molecule has 1 aromatic heterocycles. The number of benzene rings is 2. The van der Waals surface area contributed by atoms with Crippen LogP contribution in [0, 0.1) is 5.82 Å². The highest BCUT2D eigenvalue weighted by Gasteiger charge is 2.20. The number of nitrogens with zero attached hydrogens (tertiary/aromatic N) is 1. The van der Waals surface area contributed by atoms with Crippen LogP contribution in [-0.2, 0) is 4.74 Å².